The van der Waals surface area contributed by atoms with Gasteiger partial charge in [0.2, 0.25) is 0 Å². The molecule has 0 fully saturated rings. The predicted octanol–water partition coefficient (Wildman–Crippen LogP) is 14.4. The average molecular weight is 823 g/mol. The third-order valence-electron chi connectivity index (χ3n) is 14.1. The van der Waals surface area contributed by atoms with Gasteiger partial charge in [0.25, 0.3) is 6.71 Å². The van der Waals surface area contributed by atoms with Crippen LogP contribution in [0.1, 0.15) is 110 Å². The van der Waals surface area contributed by atoms with Gasteiger partial charge in [0.05, 0.1) is 5.69 Å². The predicted molar refractivity (Wildman–Crippen MR) is 273 cm³/mol. The van der Waals surface area contributed by atoms with Crippen molar-refractivity contribution in [2.24, 2.45) is 5.41 Å². The number of rotatable bonds is 4. The monoisotopic (exact) mass is 823 g/mol. The number of fused-ring (bicyclic) bond motifs is 5. The van der Waals surface area contributed by atoms with Crippen LogP contribution in [0.4, 0.5) is 34.1 Å². The SMILES string of the molecule is Cc1cc2c3c(c1)N(c1c(-c4ccccc4)cc(C(C)(C)C)cc1-c1ccccc1)c1cc4c(cc1B3c1cc(C(C)(C)C)ccc1N2c1ccc(C(C)(C)C)cc1)CC(C)(C)C4. The van der Waals surface area contributed by atoms with E-state index >= 15 is 0 Å². The molecule has 0 N–H and O–H groups in total. The molecule has 0 aromatic heterocycles. The maximum atomic E-state index is 2.71. The van der Waals surface area contributed by atoms with Crippen molar-refractivity contribution in [1.82, 2.24) is 0 Å². The van der Waals surface area contributed by atoms with E-state index in [9.17, 15) is 0 Å². The van der Waals surface area contributed by atoms with Gasteiger partial charge in [-0.15, -0.1) is 0 Å². The molecule has 316 valence electrons. The molecule has 10 rings (SSSR count). The van der Waals surface area contributed by atoms with Crippen LogP contribution < -0.4 is 26.2 Å². The van der Waals surface area contributed by atoms with Crippen LogP contribution in [0, 0.1) is 12.3 Å². The van der Waals surface area contributed by atoms with Gasteiger partial charge in [0.15, 0.2) is 0 Å². The summed E-state index contributed by atoms with van der Waals surface area (Å²) in [6, 6.07) is 54.2. The minimum atomic E-state index is -0.0666. The molecule has 63 heavy (non-hydrogen) atoms. The zero-order valence-corrected chi connectivity index (χ0v) is 39.7. The van der Waals surface area contributed by atoms with Crippen molar-refractivity contribution in [2.45, 2.75) is 112 Å². The Balaban J connectivity index is 1.36. The lowest BCUT2D eigenvalue weighted by molar-refractivity contribution is 0.392. The van der Waals surface area contributed by atoms with Gasteiger partial charge in [-0.2, -0.15) is 0 Å². The van der Waals surface area contributed by atoms with Gasteiger partial charge in [-0.3, -0.25) is 0 Å². The van der Waals surface area contributed by atoms with Crippen molar-refractivity contribution in [3.8, 4) is 22.3 Å². The van der Waals surface area contributed by atoms with E-state index in [1.807, 2.05) is 0 Å². The van der Waals surface area contributed by atoms with Crippen LogP contribution in [-0.4, -0.2) is 6.71 Å². The molecule has 0 saturated heterocycles. The number of hydrogen-bond donors (Lipinski definition) is 0. The minimum absolute atomic E-state index is 0.0138. The first-order chi connectivity index (χ1) is 29.8. The largest absolute Gasteiger partial charge is 0.311 e. The lowest BCUT2D eigenvalue weighted by Crippen LogP contribution is -2.61. The van der Waals surface area contributed by atoms with E-state index in [1.165, 1.54) is 106 Å². The Kier molecular flexibility index (Phi) is 9.40. The van der Waals surface area contributed by atoms with Gasteiger partial charge in [-0.1, -0.05) is 167 Å². The minimum Gasteiger partial charge on any atom is -0.311 e. The average Bonchev–Trinajstić information content (AvgIpc) is 3.54. The summed E-state index contributed by atoms with van der Waals surface area (Å²) in [6.45, 7) is 28.2. The van der Waals surface area contributed by atoms with Crippen molar-refractivity contribution in [2.75, 3.05) is 9.80 Å². The van der Waals surface area contributed by atoms with Crippen LogP contribution in [0.3, 0.4) is 0 Å². The second kappa shape index (κ2) is 14.4. The van der Waals surface area contributed by atoms with Gasteiger partial charge in [0, 0.05) is 39.6 Å². The first kappa shape index (κ1) is 41.2. The molecule has 2 nitrogen and oxygen atoms in total. The maximum absolute atomic E-state index is 2.71. The molecule has 0 bridgehead atoms. The lowest BCUT2D eigenvalue weighted by atomic mass is 9.33. The quantitative estimate of drug-likeness (QED) is 0.163. The maximum Gasteiger partial charge on any atom is 0.252 e. The second-order valence-corrected chi connectivity index (χ2v) is 22.7. The number of aryl methyl sites for hydroxylation is 1. The van der Waals surface area contributed by atoms with Crippen molar-refractivity contribution in [3.05, 3.63) is 173 Å². The molecule has 0 saturated carbocycles. The Bertz CT molecular complexity index is 2860. The molecule has 0 radical (unpaired) electrons. The van der Waals surface area contributed by atoms with Gasteiger partial charge in [-0.05, 0) is 151 Å². The van der Waals surface area contributed by atoms with Crippen LogP contribution in [0.2, 0.25) is 0 Å². The topological polar surface area (TPSA) is 6.48 Å². The fourth-order valence-corrected chi connectivity index (χ4v) is 10.8. The van der Waals surface area contributed by atoms with Crippen LogP contribution in [0.5, 0.6) is 0 Å². The number of anilines is 6. The molecular weight excluding hydrogens is 759 g/mol. The highest BCUT2D eigenvalue weighted by Crippen LogP contribution is 2.52. The van der Waals surface area contributed by atoms with Crippen LogP contribution >= 0.6 is 0 Å². The summed E-state index contributed by atoms with van der Waals surface area (Å²) in [6.07, 6.45) is 2.16. The Hall–Kier alpha value is -5.80. The van der Waals surface area contributed by atoms with Crippen molar-refractivity contribution in [1.29, 1.82) is 0 Å². The molecule has 3 heteroatoms. The molecule has 7 aromatic rings. The number of nitrogens with zero attached hydrogens (tertiary/aromatic N) is 2. The van der Waals surface area contributed by atoms with E-state index in [0.29, 0.717) is 0 Å². The van der Waals surface area contributed by atoms with Gasteiger partial charge in [0.1, 0.15) is 0 Å². The highest BCUT2D eigenvalue weighted by molar-refractivity contribution is 7.00. The Morgan fingerprint density at radius 3 is 1.49 bits per heavy atom. The Morgan fingerprint density at radius 1 is 0.460 bits per heavy atom. The summed E-state index contributed by atoms with van der Waals surface area (Å²) in [5, 5.41) is 0. The molecule has 7 aromatic carbocycles. The summed E-state index contributed by atoms with van der Waals surface area (Å²) >= 11 is 0. The highest BCUT2D eigenvalue weighted by atomic mass is 15.2. The fraction of sp³-hybridized carbons (Fsp3) is 0.300. The Morgan fingerprint density at radius 2 is 0.952 bits per heavy atom. The summed E-state index contributed by atoms with van der Waals surface area (Å²) in [5.41, 5.74) is 25.1. The summed E-state index contributed by atoms with van der Waals surface area (Å²) < 4.78 is 0. The first-order valence-corrected chi connectivity index (χ1v) is 23.2. The fourth-order valence-electron chi connectivity index (χ4n) is 10.8. The normalized spacial score (nSPS) is 15.2. The van der Waals surface area contributed by atoms with Crippen molar-refractivity contribution >= 4 is 57.2 Å². The highest BCUT2D eigenvalue weighted by Gasteiger charge is 2.46. The lowest BCUT2D eigenvalue weighted by Gasteiger charge is -2.46. The van der Waals surface area contributed by atoms with E-state index in [0.717, 1.165) is 12.8 Å². The van der Waals surface area contributed by atoms with Crippen molar-refractivity contribution in [3.63, 3.8) is 0 Å². The van der Waals surface area contributed by atoms with E-state index in [4.69, 9.17) is 0 Å². The number of benzene rings is 7. The van der Waals surface area contributed by atoms with Gasteiger partial charge in [-0.25, -0.2) is 0 Å². The third kappa shape index (κ3) is 7.04. The third-order valence-corrected chi connectivity index (χ3v) is 14.1. The molecular formula is C60H63BN2. The summed E-state index contributed by atoms with van der Waals surface area (Å²) in [4.78, 5) is 5.29. The Labute approximate surface area is 378 Å². The molecule has 0 spiro atoms. The van der Waals surface area contributed by atoms with E-state index in [-0.39, 0.29) is 28.4 Å². The standard InChI is InChI=1S/C60H63BN2/c1-38-29-53-55-54(30-38)63(56-47(39-19-15-13-16-20-39)33-45(59(8,9)10)34-48(56)40-21-17-14-18-22-40)52-32-42-37-60(11,12)36-41(42)31-49(52)61(55)50-35-44(58(5,6)7)25-28-51(50)62(53)46-26-23-43(24-27-46)57(2,3)4/h13-35H,36-37H2,1-12H3. The molecule has 0 unspecified atom stereocenters. The molecule has 3 aliphatic rings. The van der Waals surface area contributed by atoms with Crippen LogP contribution in [0.25, 0.3) is 22.3 Å². The molecule has 1 aliphatic carbocycles. The van der Waals surface area contributed by atoms with Crippen LogP contribution in [-0.2, 0) is 29.1 Å². The molecule has 0 atom stereocenters. The zero-order chi connectivity index (χ0) is 44.4. The van der Waals surface area contributed by atoms with E-state index in [1.54, 1.807) is 0 Å². The van der Waals surface area contributed by atoms with E-state index in [2.05, 4.69) is 232 Å². The number of hydrogen-bond acceptors (Lipinski definition) is 2. The molecule has 2 heterocycles. The smallest absolute Gasteiger partial charge is 0.252 e. The summed E-state index contributed by atoms with van der Waals surface area (Å²) in [7, 11) is 0. The second-order valence-electron chi connectivity index (χ2n) is 22.7. The van der Waals surface area contributed by atoms with Crippen molar-refractivity contribution < 1.29 is 0 Å². The van der Waals surface area contributed by atoms with Gasteiger partial charge < -0.3 is 9.80 Å². The van der Waals surface area contributed by atoms with E-state index < -0.39 is 0 Å². The summed E-state index contributed by atoms with van der Waals surface area (Å²) in [5.74, 6) is 0. The van der Waals surface area contributed by atoms with Gasteiger partial charge >= 0.3 is 0 Å². The van der Waals surface area contributed by atoms with Crippen LogP contribution in [0.15, 0.2) is 140 Å². The molecule has 0 amide bonds. The molecule has 2 aliphatic heterocycles. The zero-order valence-electron chi connectivity index (χ0n) is 39.7. The first-order valence-electron chi connectivity index (χ1n) is 23.2.